The van der Waals surface area contributed by atoms with Gasteiger partial charge in [-0.3, -0.25) is 0 Å². The van der Waals surface area contributed by atoms with E-state index in [4.69, 9.17) is 0 Å². The molecule has 1 nitrogen and oxygen atoms in total. The quantitative estimate of drug-likeness (QED) is 0.220. The van der Waals surface area contributed by atoms with Crippen LogP contribution in [-0.4, -0.2) is 0 Å². The number of benzene rings is 6. The Hall–Kier alpha value is -5.40. The monoisotopic (exact) mass is 575 g/mol. The number of rotatable bonds is 4. The van der Waals surface area contributed by atoms with Crippen LogP contribution in [0, 0.1) is 5.92 Å². The molecule has 0 saturated carbocycles. The average Bonchev–Trinajstić information content (AvgIpc) is 3.57. The van der Waals surface area contributed by atoms with Crippen molar-refractivity contribution in [2.45, 2.75) is 18.8 Å². The van der Waals surface area contributed by atoms with E-state index < -0.39 is 5.41 Å². The molecule has 214 valence electrons. The van der Waals surface area contributed by atoms with E-state index in [-0.39, 0.29) is 0 Å². The summed E-state index contributed by atoms with van der Waals surface area (Å²) in [4.78, 5) is 0. The highest BCUT2D eigenvalue weighted by Crippen LogP contribution is 2.65. The summed E-state index contributed by atoms with van der Waals surface area (Å²) in [6, 6.07) is 51.5. The molecule has 6 aromatic rings. The van der Waals surface area contributed by atoms with Crippen LogP contribution in [0.1, 0.15) is 41.2 Å². The lowest BCUT2D eigenvalue weighted by Gasteiger charge is -2.34. The first-order valence-electron chi connectivity index (χ1n) is 16.0. The Morgan fingerprint density at radius 2 is 1.13 bits per heavy atom. The predicted molar refractivity (Wildman–Crippen MR) is 189 cm³/mol. The van der Waals surface area contributed by atoms with Crippen LogP contribution in [0.15, 0.2) is 158 Å². The Morgan fingerprint density at radius 3 is 1.80 bits per heavy atom. The summed E-state index contributed by atoms with van der Waals surface area (Å²) in [7, 11) is 0. The van der Waals surface area contributed by atoms with Crippen molar-refractivity contribution < 1.29 is 0 Å². The van der Waals surface area contributed by atoms with Crippen LogP contribution in [-0.2, 0) is 5.41 Å². The molecule has 0 aliphatic heterocycles. The largest absolute Gasteiger partial charge is 0.355 e. The second kappa shape index (κ2) is 10.1. The van der Waals surface area contributed by atoms with Crippen molar-refractivity contribution in [3.63, 3.8) is 0 Å². The van der Waals surface area contributed by atoms with Crippen LogP contribution in [0.2, 0.25) is 0 Å². The maximum absolute atomic E-state index is 4.08. The molecular weight excluding hydrogens is 542 g/mol. The molecule has 0 radical (unpaired) electrons. The molecule has 9 rings (SSSR count). The van der Waals surface area contributed by atoms with Gasteiger partial charge in [0.05, 0.1) is 11.1 Å². The van der Waals surface area contributed by atoms with Gasteiger partial charge in [-0.25, -0.2) is 0 Å². The number of allylic oxidation sites excluding steroid dienone is 4. The third-order valence-electron chi connectivity index (χ3n) is 10.1. The first kappa shape index (κ1) is 26.0. The summed E-state index contributed by atoms with van der Waals surface area (Å²) in [5, 5.41) is 4.08. The molecule has 1 unspecified atom stereocenters. The van der Waals surface area contributed by atoms with Crippen LogP contribution >= 0.6 is 0 Å². The second-order valence-electron chi connectivity index (χ2n) is 12.6. The maximum atomic E-state index is 4.08. The van der Waals surface area contributed by atoms with Gasteiger partial charge in [-0.15, -0.1) is 0 Å². The van der Waals surface area contributed by atoms with Crippen LogP contribution in [0.3, 0.4) is 0 Å². The van der Waals surface area contributed by atoms with Gasteiger partial charge in [0.25, 0.3) is 0 Å². The highest BCUT2D eigenvalue weighted by molar-refractivity contribution is 6.01. The minimum absolute atomic E-state index is 0.423. The summed E-state index contributed by atoms with van der Waals surface area (Å²) < 4.78 is 0. The molecular formula is C44H33N. The zero-order valence-corrected chi connectivity index (χ0v) is 25.3. The van der Waals surface area contributed by atoms with Gasteiger partial charge in [-0.1, -0.05) is 153 Å². The lowest BCUT2D eigenvalue weighted by Crippen LogP contribution is -2.27. The molecule has 0 amide bonds. The average molecular weight is 576 g/mol. The molecule has 0 fully saturated rings. The third-order valence-corrected chi connectivity index (χ3v) is 10.1. The minimum Gasteiger partial charge on any atom is -0.355 e. The summed E-state index contributed by atoms with van der Waals surface area (Å²) in [6.07, 6.45) is 7.89. The van der Waals surface area contributed by atoms with E-state index in [9.17, 15) is 0 Å². The highest BCUT2D eigenvalue weighted by Gasteiger charge is 2.53. The van der Waals surface area contributed by atoms with E-state index in [1.54, 1.807) is 0 Å². The molecule has 1 N–H and O–H groups in total. The Bertz CT molecular complexity index is 2120. The smallest absolute Gasteiger partial charge is 0.0746 e. The molecule has 1 spiro atoms. The van der Waals surface area contributed by atoms with E-state index in [1.807, 2.05) is 0 Å². The van der Waals surface area contributed by atoms with Gasteiger partial charge < -0.3 is 5.32 Å². The van der Waals surface area contributed by atoms with Gasteiger partial charge in [0.2, 0.25) is 0 Å². The van der Waals surface area contributed by atoms with Crippen LogP contribution in [0.4, 0.5) is 11.4 Å². The first-order valence-corrected chi connectivity index (χ1v) is 16.0. The topological polar surface area (TPSA) is 12.0 Å². The lowest BCUT2D eigenvalue weighted by atomic mass is 9.69. The third kappa shape index (κ3) is 3.74. The standard InChI is InChI=1S/C44H33N/c1-29-14-5-6-19-33(29)38-27-26-37-36-22-9-12-25-41(36)44(39-23-10-7-20-34(39)35-21-8-11-24-40(35)44)42(37)43(38)45-32-18-13-17-31(28-32)30-15-3-2-4-16-30/h2-13,15-29,45H,14H2,1H3. The molecule has 0 bridgehead atoms. The number of nitrogens with one attached hydrogen (secondary N) is 1. The van der Waals surface area contributed by atoms with Gasteiger partial charge in [-0.05, 0) is 80.1 Å². The van der Waals surface area contributed by atoms with Gasteiger partial charge in [0.15, 0.2) is 0 Å². The fourth-order valence-electron chi connectivity index (χ4n) is 8.21. The predicted octanol–water partition coefficient (Wildman–Crippen LogP) is 11.4. The lowest BCUT2D eigenvalue weighted by molar-refractivity contribution is 0.757. The summed E-state index contributed by atoms with van der Waals surface area (Å²) in [6.45, 7) is 2.35. The molecule has 1 heteroatoms. The van der Waals surface area contributed by atoms with E-state index in [2.05, 4.69) is 170 Å². The van der Waals surface area contributed by atoms with Gasteiger partial charge >= 0.3 is 0 Å². The van der Waals surface area contributed by atoms with Gasteiger partial charge in [-0.2, -0.15) is 0 Å². The molecule has 3 aliphatic carbocycles. The molecule has 1 atom stereocenters. The van der Waals surface area contributed by atoms with Crippen molar-refractivity contribution >= 4 is 16.9 Å². The summed E-state index contributed by atoms with van der Waals surface area (Å²) in [5.74, 6) is 0.423. The number of fused-ring (bicyclic) bond motifs is 10. The van der Waals surface area contributed by atoms with Crippen molar-refractivity contribution in [1.82, 2.24) is 0 Å². The van der Waals surface area contributed by atoms with Crippen LogP contribution < -0.4 is 5.32 Å². The Kier molecular flexibility index (Phi) is 5.83. The first-order chi connectivity index (χ1) is 22.2. The molecule has 0 saturated heterocycles. The fourth-order valence-corrected chi connectivity index (χ4v) is 8.21. The molecule has 0 heterocycles. The summed E-state index contributed by atoms with van der Waals surface area (Å²) >= 11 is 0. The van der Waals surface area contributed by atoms with Crippen LogP contribution in [0.5, 0.6) is 0 Å². The van der Waals surface area contributed by atoms with Gasteiger partial charge in [0.1, 0.15) is 0 Å². The molecule has 45 heavy (non-hydrogen) atoms. The Balaban J connectivity index is 1.37. The van der Waals surface area contributed by atoms with E-state index in [1.165, 1.54) is 72.5 Å². The van der Waals surface area contributed by atoms with Crippen molar-refractivity contribution in [2.24, 2.45) is 5.92 Å². The van der Waals surface area contributed by atoms with Crippen molar-refractivity contribution in [3.8, 4) is 33.4 Å². The molecule has 0 aromatic heterocycles. The fraction of sp³-hybridized carbons (Fsp3) is 0.0909. The Morgan fingerprint density at radius 1 is 0.556 bits per heavy atom. The van der Waals surface area contributed by atoms with Gasteiger partial charge in [0, 0.05) is 16.8 Å². The second-order valence-corrected chi connectivity index (χ2v) is 12.6. The van der Waals surface area contributed by atoms with E-state index >= 15 is 0 Å². The molecule has 3 aliphatic rings. The maximum Gasteiger partial charge on any atom is 0.0746 e. The normalized spacial score (nSPS) is 16.5. The van der Waals surface area contributed by atoms with E-state index in [0.717, 1.165) is 12.1 Å². The minimum atomic E-state index is -0.428. The Labute approximate surface area is 265 Å². The van der Waals surface area contributed by atoms with E-state index in [0.29, 0.717) is 5.92 Å². The number of anilines is 2. The molecule has 6 aromatic carbocycles. The highest BCUT2D eigenvalue weighted by atomic mass is 14.9. The van der Waals surface area contributed by atoms with Crippen molar-refractivity contribution in [1.29, 1.82) is 0 Å². The van der Waals surface area contributed by atoms with Crippen molar-refractivity contribution in [2.75, 3.05) is 5.32 Å². The zero-order chi connectivity index (χ0) is 30.0. The number of hydrogen-bond acceptors (Lipinski definition) is 1. The van der Waals surface area contributed by atoms with Crippen molar-refractivity contribution in [3.05, 3.63) is 186 Å². The number of hydrogen-bond donors (Lipinski definition) is 1. The zero-order valence-electron chi connectivity index (χ0n) is 25.3. The summed E-state index contributed by atoms with van der Waals surface area (Å²) in [5.41, 5.74) is 17.7. The van der Waals surface area contributed by atoms with Crippen LogP contribution in [0.25, 0.3) is 39.0 Å². The SMILES string of the molecule is CC1CC=CC=C1c1ccc2c(c1Nc1cccc(-c3ccccc3)c1)C1(c3ccccc3-c3ccccc31)c1ccccc1-2.